The lowest BCUT2D eigenvalue weighted by Gasteiger charge is -2.10. The van der Waals surface area contributed by atoms with E-state index in [0.717, 1.165) is 13.1 Å². The van der Waals surface area contributed by atoms with Crippen molar-refractivity contribution >= 4 is 5.69 Å². The number of anilines is 1. The third-order valence-corrected chi connectivity index (χ3v) is 2.76. The summed E-state index contributed by atoms with van der Waals surface area (Å²) in [5.41, 5.74) is 2.79. The summed E-state index contributed by atoms with van der Waals surface area (Å²) < 4.78 is 0. The molecule has 0 saturated carbocycles. The van der Waals surface area contributed by atoms with Gasteiger partial charge in [-0.25, -0.2) is 0 Å². The molecule has 1 aromatic rings. The molecular formula is C12H18N2. The molecule has 2 heteroatoms. The SMILES string of the molecule is CCNCCC1Cc2ccccc2N1. The molecule has 2 N–H and O–H groups in total. The van der Waals surface area contributed by atoms with E-state index in [1.54, 1.807) is 0 Å². The predicted molar refractivity (Wildman–Crippen MR) is 60.7 cm³/mol. The molecule has 1 aromatic carbocycles. The van der Waals surface area contributed by atoms with Crippen molar-refractivity contribution in [3.05, 3.63) is 29.8 Å². The smallest absolute Gasteiger partial charge is 0.0375 e. The van der Waals surface area contributed by atoms with Gasteiger partial charge in [-0.15, -0.1) is 0 Å². The Morgan fingerprint density at radius 3 is 3.07 bits per heavy atom. The van der Waals surface area contributed by atoms with Crippen molar-refractivity contribution in [2.75, 3.05) is 18.4 Å². The Balaban J connectivity index is 1.86. The van der Waals surface area contributed by atoms with Crippen LogP contribution in [0.15, 0.2) is 24.3 Å². The Bertz CT molecular complexity index is 271. The maximum atomic E-state index is 3.55. The number of rotatable bonds is 4. The van der Waals surface area contributed by atoms with Crippen LogP contribution in [0.2, 0.25) is 0 Å². The van der Waals surface area contributed by atoms with E-state index < -0.39 is 0 Å². The lowest BCUT2D eigenvalue weighted by atomic mass is 10.1. The first-order valence-electron chi connectivity index (χ1n) is 5.45. The average Bonchev–Trinajstić information content (AvgIpc) is 2.60. The van der Waals surface area contributed by atoms with Crippen LogP contribution in [0.1, 0.15) is 18.9 Å². The van der Waals surface area contributed by atoms with Gasteiger partial charge in [0.2, 0.25) is 0 Å². The number of hydrogen-bond donors (Lipinski definition) is 2. The molecule has 1 atom stereocenters. The highest BCUT2D eigenvalue weighted by molar-refractivity contribution is 5.56. The van der Waals surface area contributed by atoms with Crippen molar-refractivity contribution < 1.29 is 0 Å². The first kappa shape index (κ1) is 9.53. The van der Waals surface area contributed by atoms with E-state index in [2.05, 4.69) is 41.8 Å². The molecule has 2 nitrogen and oxygen atoms in total. The van der Waals surface area contributed by atoms with Gasteiger partial charge in [-0.3, -0.25) is 0 Å². The monoisotopic (exact) mass is 190 g/mol. The molecule has 0 radical (unpaired) electrons. The number of benzene rings is 1. The van der Waals surface area contributed by atoms with E-state index in [9.17, 15) is 0 Å². The molecule has 1 aliphatic rings. The van der Waals surface area contributed by atoms with Gasteiger partial charge in [0, 0.05) is 11.7 Å². The van der Waals surface area contributed by atoms with Gasteiger partial charge in [-0.05, 0) is 37.6 Å². The standard InChI is InChI=1S/C12H18N2/c1-2-13-8-7-11-9-10-5-3-4-6-12(10)14-11/h3-6,11,13-14H,2,7-9H2,1H3. The molecule has 14 heavy (non-hydrogen) atoms. The second-order valence-corrected chi connectivity index (χ2v) is 3.84. The van der Waals surface area contributed by atoms with Crippen LogP contribution >= 0.6 is 0 Å². The van der Waals surface area contributed by atoms with E-state index >= 15 is 0 Å². The summed E-state index contributed by atoms with van der Waals surface area (Å²) in [6.45, 7) is 4.33. The minimum Gasteiger partial charge on any atom is -0.382 e. The largest absolute Gasteiger partial charge is 0.382 e. The number of para-hydroxylation sites is 1. The van der Waals surface area contributed by atoms with Crippen molar-refractivity contribution in [3.8, 4) is 0 Å². The van der Waals surface area contributed by atoms with Crippen molar-refractivity contribution in [1.82, 2.24) is 5.32 Å². The minimum atomic E-state index is 0.631. The first-order chi connectivity index (χ1) is 6.90. The summed E-state index contributed by atoms with van der Waals surface area (Å²) in [5.74, 6) is 0. The van der Waals surface area contributed by atoms with Crippen LogP contribution in [-0.2, 0) is 6.42 Å². The zero-order valence-electron chi connectivity index (χ0n) is 8.72. The second kappa shape index (κ2) is 4.47. The van der Waals surface area contributed by atoms with Gasteiger partial charge >= 0.3 is 0 Å². The zero-order valence-corrected chi connectivity index (χ0v) is 8.72. The van der Waals surface area contributed by atoms with Gasteiger partial charge in [-0.1, -0.05) is 25.1 Å². The maximum Gasteiger partial charge on any atom is 0.0375 e. The molecule has 1 heterocycles. The number of nitrogens with one attached hydrogen (secondary N) is 2. The molecule has 0 fully saturated rings. The Morgan fingerprint density at radius 2 is 2.29 bits per heavy atom. The van der Waals surface area contributed by atoms with E-state index in [0.29, 0.717) is 6.04 Å². The fourth-order valence-electron chi connectivity index (χ4n) is 2.00. The quantitative estimate of drug-likeness (QED) is 0.710. The Hall–Kier alpha value is -1.02. The van der Waals surface area contributed by atoms with Gasteiger partial charge in [0.1, 0.15) is 0 Å². The van der Waals surface area contributed by atoms with Crippen LogP contribution in [-0.4, -0.2) is 19.1 Å². The summed E-state index contributed by atoms with van der Waals surface area (Å²) in [5, 5.41) is 6.92. The molecule has 1 aliphatic heterocycles. The van der Waals surface area contributed by atoms with Gasteiger partial charge in [0.05, 0.1) is 0 Å². The molecular weight excluding hydrogens is 172 g/mol. The number of hydrogen-bond acceptors (Lipinski definition) is 2. The molecule has 1 unspecified atom stereocenters. The molecule has 76 valence electrons. The van der Waals surface area contributed by atoms with E-state index in [4.69, 9.17) is 0 Å². The Labute approximate surface area is 85.7 Å². The van der Waals surface area contributed by atoms with Crippen molar-refractivity contribution in [2.24, 2.45) is 0 Å². The maximum absolute atomic E-state index is 3.55. The minimum absolute atomic E-state index is 0.631. The third-order valence-electron chi connectivity index (χ3n) is 2.76. The molecule has 0 bridgehead atoms. The summed E-state index contributed by atoms with van der Waals surface area (Å²) in [7, 11) is 0. The van der Waals surface area contributed by atoms with Crippen LogP contribution in [0.4, 0.5) is 5.69 Å². The average molecular weight is 190 g/mol. The molecule has 2 rings (SSSR count). The predicted octanol–water partition coefficient (Wildman–Crippen LogP) is 2.02. The van der Waals surface area contributed by atoms with E-state index in [-0.39, 0.29) is 0 Å². The van der Waals surface area contributed by atoms with E-state index in [1.807, 2.05) is 0 Å². The highest BCUT2D eigenvalue weighted by Gasteiger charge is 2.18. The van der Waals surface area contributed by atoms with Gasteiger partial charge in [-0.2, -0.15) is 0 Å². The van der Waals surface area contributed by atoms with Crippen LogP contribution in [0, 0.1) is 0 Å². The van der Waals surface area contributed by atoms with Crippen LogP contribution in [0.5, 0.6) is 0 Å². The van der Waals surface area contributed by atoms with Crippen molar-refractivity contribution in [2.45, 2.75) is 25.8 Å². The summed E-state index contributed by atoms with van der Waals surface area (Å²) in [4.78, 5) is 0. The van der Waals surface area contributed by atoms with Crippen LogP contribution in [0.25, 0.3) is 0 Å². The van der Waals surface area contributed by atoms with Gasteiger partial charge in [0.25, 0.3) is 0 Å². The zero-order chi connectivity index (χ0) is 9.80. The summed E-state index contributed by atoms with van der Waals surface area (Å²) in [6, 6.07) is 9.23. The Morgan fingerprint density at radius 1 is 1.43 bits per heavy atom. The van der Waals surface area contributed by atoms with Crippen LogP contribution in [0.3, 0.4) is 0 Å². The first-order valence-corrected chi connectivity index (χ1v) is 5.45. The molecule has 0 aliphatic carbocycles. The molecule has 0 saturated heterocycles. The summed E-state index contributed by atoms with van der Waals surface area (Å²) >= 11 is 0. The molecule has 0 spiro atoms. The second-order valence-electron chi connectivity index (χ2n) is 3.84. The van der Waals surface area contributed by atoms with Gasteiger partial charge in [0.15, 0.2) is 0 Å². The van der Waals surface area contributed by atoms with E-state index in [1.165, 1.54) is 24.1 Å². The topological polar surface area (TPSA) is 24.1 Å². The normalized spacial score (nSPS) is 19.1. The molecule has 0 aromatic heterocycles. The number of fused-ring (bicyclic) bond motifs is 1. The Kier molecular flexibility index (Phi) is 3.04. The van der Waals surface area contributed by atoms with Crippen LogP contribution < -0.4 is 10.6 Å². The lowest BCUT2D eigenvalue weighted by Crippen LogP contribution is -2.23. The fraction of sp³-hybridized carbons (Fsp3) is 0.500. The van der Waals surface area contributed by atoms with Crippen molar-refractivity contribution in [1.29, 1.82) is 0 Å². The molecule has 0 amide bonds. The van der Waals surface area contributed by atoms with Gasteiger partial charge < -0.3 is 10.6 Å². The van der Waals surface area contributed by atoms with Crippen molar-refractivity contribution in [3.63, 3.8) is 0 Å². The highest BCUT2D eigenvalue weighted by Crippen LogP contribution is 2.26. The lowest BCUT2D eigenvalue weighted by molar-refractivity contribution is 0.608. The summed E-state index contributed by atoms with van der Waals surface area (Å²) in [6.07, 6.45) is 2.39. The fourth-order valence-corrected chi connectivity index (χ4v) is 2.00. The third kappa shape index (κ3) is 2.07. The highest BCUT2D eigenvalue weighted by atomic mass is 15.0.